The maximum atomic E-state index is 11.0. The van der Waals surface area contributed by atoms with E-state index in [1.165, 1.54) is 103 Å². The molecule has 0 aliphatic heterocycles. The summed E-state index contributed by atoms with van der Waals surface area (Å²) in [6, 6.07) is 0. The molecule has 0 aromatic rings. The van der Waals surface area contributed by atoms with Gasteiger partial charge < -0.3 is 0 Å². The van der Waals surface area contributed by atoms with Crippen molar-refractivity contribution in [2.45, 2.75) is 143 Å². The number of hydrogen-bond acceptors (Lipinski definition) is 3. The second-order valence-corrected chi connectivity index (χ2v) is 16.1. The number of hydrogen-bond donors (Lipinski definition) is 0. The van der Waals surface area contributed by atoms with Crippen LogP contribution in [0.1, 0.15) is 143 Å². The van der Waals surface area contributed by atoms with Gasteiger partial charge in [0, 0.05) is 0 Å². The standard InChI is InChI=1S/C26H56NO2P/c1-5-8-10-11-12-13-14-15-16-17-18-19-20-21-22-23-26-30(4,24-7-3,29-27-28)25-9-6-2/h5-26H2,1-4H3. The average molecular weight is 446 g/mol. The predicted molar refractivity (Wildman–Crippen MR) is 139 cm³/mol. The average Bonchev–Trinajstić information content (AvgIpc) is 2.72. The van der Waals surface area contributed by atoms with Gasteiger partial charge in [-0.05, 0) is 0 Å². The maximum absolute atomic E-state index is 11.0. The van der Waals surface area contributed by atoms with Crippen molar-refractivity contribution < 1.29 is 4.62 Å². The van der Waals surface area contributed by atoms with E-state index < -0.39 is 6.83 Å². The molecule has 0 aliphatic rings. The van der Waals surface area contributed by atoms with Gasteiger partial charge in [0.25, 0.3) is 0 Å². The molecule has 0 atom stereocenters. The second kappa shape index (κ2) is 19.5. The van der Waals surface area contributed by atoms with E-state index in [9.17, 15) is 4.91 Å². The quantitative estimate of drug-likeness (QED) is 0.0641. The third-order valence-electron chi connectivity index (χ3n) is 6.93. The molecule has 0 heterocycles. The molecule has 0 saturated carbocycles. The van der Waals surface area contributed by atoms with Gasteiger partial charge in [0.2, 0.25) is 0 Å². The van der Waals surface area contributed by atoms with Crippen molar-refractivity contribution in [1.29, 1.82) is 0 Å². The first-order valence-corrected chi connectivity index (χ1v) is 16.7. The van der Waals surface area contributed by atoms with Gasteiger partial charge in [0.15, 0.2) is 0 Å². The number of unbranched alkanes of at least 4 members (excludes halogenated alkanes) is 16. The van der Waals surface area contributed by atoms with Gasteiger partial charge in [0.1, 0.15) is 0 Å². The van der Waals surface area contributed by atoms with E-state index in [2.05, 4.69) is 32.8 Å². The monoisotopic (exact) mass is 445 g/mol. The van der Waals surface area contributed by atoms with Crippen LogP contribution < -0.4 is 0 Å². The van der Waals surface area contributed by atoms with E-state index in [0.29, 0.717) is 0 Å². The van der Waals surface area contributed by atoms with Crippen LogP contribution in [0.3, 0.4) is 0 Å². The predicted octanol–water partition coefficient (Wildman–Crippen LogP) is 10.3. The van der Waals surface area contributed by atoms with Crippen molar-refractivity contribution in [2.75, 3.05) is 25.2 Å². The van der Waals surface area contributed by atoms with Crippen molar-refractivity contribution in [1.82, 2.24) is 0 Å². The van der Waals surface area contributed by atoms with Gasteiger partial charge in [-0.25, -0.2) is 0 Å². The van der Waals surface area contributed by atoms with Crippen molar-refractivity contribution in [3.63, 3.8) is 0 Å². The third kappa shape index (κ3) is 15.6. The van der Waals surface area contributed by atoms with Gasteiger partial charge in [-0.15, -0.1) is 0 Å². The molecule has 0 aromatic heterocycles. The Morgan fingerprint density at radius 2 is 0.867 bits per heavy atom. The molecule has 0 radical (unpaired) electrons. The first-order chi connectivity index (χ1) is 14.5. The third-order valence-corrected chi connectivity index (χ3v) is 12.4. The Kier molecular flexibility index (Phi) is 19.4. The molecular weight excluding hydrogens is 389 g/mol. The van der Waals surface area contributed by atoms with Crippen molar-refractivity contribution in [3.8, 4) is 0 Å². The molecule has 0 N–H and O–H groups in total. The van der Waals surface area contributed by atoms with Gasteiger partial charge in [-0.2, -0.15) is 0 Å². The molecule has 0 bridgehead atoms. The van der Waals surface area contributed by atoms with Gasteiger partial charge in [-0.1, -0.05) is 39.0 Å². The summed E-state index contributed by atoms with van der Waals surface area (Å²) in [7, 11) is 0. The number of nitrogens with zero attached hydrogens (tertiary/aromatic N) is 1. The summed E-state index contributed by atoms with van der Waals surface area (Å²) in [5.74, 6) is 0. The fraction of sp³-hybridized carbons (Fsp3) is 1.00. The molecule has 3 nitrogen and oxygen atoms in total. The SMILES string of the molecule is CCCCCCCCCCCCCCCCCCP(C)(CCC)(CCCC)ON=O. The van der Waals surface area contributed by atoms with E-state index in [4.69, 9.17) is 4.62 Å². The zero-order valence-electron chi connectivity index (χ0n) is 21.3. The summed E-state index contributed by atoms with van der Waals surface area (Å²) in [5, 5.41) is 2.95. The Morgan fingerprint density at radius 3 is 1.23 bits per heavy atom. The molecule has 0 amide bonds. The molecular formula is C26H56NO2P. The zero-order chi connectivity index (χ0) is 22.4. The molecule has 0 aliphatic carbocycles. The fourth-order valence-corrected chi connectivity index (χ4v) is 9.61. The first-order valence-electron chi connectivity index (χ1n) is 13.6. The van der Waals surface area contributed by atoms with Crippen LogP contribution in [0.4, 0.5) is 0 Å². The first kappa shape index (κ1) is 29.8. The molecule has 182 valence electrons. The Balaban J connectivity index is 3.71. The minimum atomic E-state index is -2.39. The fourth-order valence-electron chi connectivity index (χ4n) is 4.90. The normalized spacial score (nSPS) is 13.1. The summed E-state index contributed by atoms with van der Waals surface area (Å²) in [5.41, 5.74) is 0. The summed E-state index contributed by atoms with van der Waals surface area (Å²) in [6.07, 6.45) is 28.9. The second-order valence-electron chi connectivity index (χ2n) is 10.2. The van der Waals surface area contributed by atoms with E-state index in [0.717, 1.165) is 37.7 Å². The summed E-state index contributed by atoms with van der Waals surface area (Å²) in [6.45, 7) is 6.60. The van der Waals surface area contributed by atoms with Crippen LogP contribution in [-0.2, 0) is 4.62 Å². The van der Waals surface area contributed by atoms with E-state index >= 15 is 0 Å². The van der Waals surface area contributed by atoms with E-state index in [1.54, 1.807) is 0 Å². The van der Waals surface area contributed by atoms with E-state index in [1.807, 2.05) is 0 Å². The summed E-state index contributed by atoms with van der Waals surface area (Å²) < 4.78 is 5.68. The van der Waals surface area contributed by atoms with E-state index in [-0.39, 0.29) is 0 Å². The van der Waals surface area contributed by atoms with Crippen molar-refractivity contribution in [2.24, 2.45) is 5.34 Å². The van der Waals surface area contributed by atoms with Crippen molar-refractivity contribution >= 4 is 6.83 Å². The molecule has 0 aromatic carbocycles. The topological polar surface area (TPSA) is 38.7 Å². The molecule has 4 heteroatoms. The molecule has 0 spiro atoms. The van der Waals surface area contributed by atoms with Crippen LogP contribution in [0.5, 0.6) is 0 Å². The van der Waals surface area contributed by atoms with Crippen LogP contribution in [0.15, 0.2) is 5.34 Å². The summed E-state index contributed by atoms with van der Waals surface area (Å²) in [4.78, 5) is 11.0. The zero-order valence-corrected chi connectivity index (χ0v) is 22.2. The van der Waals surface area contributed by atoms with Gasteiger partial charge in [0.05, 0.1) is 0 Å². The summed E-state index contributed by atoms with van der Waals surface area (Å²) >= 11 is 0. The van der Waals surface area contributed by atoms with Crippen LogP contribution in [-0.4, -0.2) is 25.2 Å². The molecule has 0 unspecified atom stereocenters. The van der Waals surface area contributed by atoms with Crippen LogP contribution in [0, 0.1) is 4.91 Å². The molecule has 0 saturated heterocycles. The molecule has 30 heavy (non-hydrogen) atoms. The van der Waals surface area contributed by atoms with Crippen LogP contribution >= 0.6 is 6.83 Å². The Hall–Kier alpha value is -0.170. The Bertz CT molecular complexity index is 393. The Labute approximate surface area is 189 Å². The number of rotatable bonds is 24. The molecule has 0 fully saturated rings. The Morgan fingerprint density at radius 1 is 0.500 bits per heavy atom. The molecule has 0 rings (SSSR count). The minimum absolute atomic E-state index is 1.05. The van der Waals surface area contributed by atoms with Gasteiger partial charge in [-0.3, -0.25) is 0 Å². The van der Waals surface area contributed by atoms with Crippen LogP contribution in [0.25, 0.3) is 0 Å². The van der Waals surface area contributed by atoms with Gasteiger partial charge >= 0.3 is 151 Å². The van der Waals surface area contributed by atoms with Crippen molar-refractivity contribution in [3.05, 3.63) is 4.91 Å². The van der Waals surface area contributed by atoms with Crippen LogP contribution in [0.2, 0.25) is 0 Å².